The van der Waals surface area contributed by atoms with E-state index in [0.29, 0.717) is 16.8 Å². The number of allylic oxidation sites excluding steroid dienone is 2. The van der Waals surface area contributed by atoms with Crippen LogP contribution in [0.2, 0.25) is 0 Å². The first-order valence-electron chi connectivity index (χ1n) is 8.27. The van der Waals surface area contributed by atoms with Gasteiger partial charge >= 0.3 is 17.9 Å². The molecule has 1 aliphatic rings. The molecule has 7 heteroatoms. The Morgan fingerprint density at radius 2 is 1.70 bits per heavy atom. The Morgan fingerprint density at radius 1 is 1.00 bits per heavy atom. The van der Waals surface area contributed by atoms with Crippen LogP contribution in [0.1, 0.15) is 22.8 Å². The van der Waals surface area contributed by atoms with E-state index in [4.69, 9.17) is 14.2 Å². The Hall–Kier alpha value is -3.35. The van der Waals surface area contributed by atoms with Crippen LogP contribution in [-0.2, 0) is 23.8 Å². The molecule has 1 aromatic carbocycles. The summed E-state index contributed by atoms with van der Waals surface area (Å²) in [5, 5.41) is 0. The molecule has 2 rings (SSSR count). The number of anilines is 1. The Balaban J connectivity index is 2.59. The van der Waals surface area contributed by atoms with Gasteiger partial charge in [-0.3, -0.25) is 0 Å². The molecule has 0 saturated heterocycles. The lowest BCUT2D eigenvalue weighted by Crippen LogP contribution is -2.27. The maximum absolute atomic E-state index is 12.4. The lowest BCUT2D eigenvalue weighted by molar-refractivity contribution is -0.139. The molecule has 27 heavy (non-hydrogen) atoms. The van der Waals surface area contributed by atoms with Gasteiger partial charge in [-0.15, -0.1) is 0 Å². The highest BCUT2D eigenvalue weighted by atomic mass is 16.5. The van der Waals surface area contributed by atoms with Crippen LogP contribution in [0.3, 0.4) is 0 Å². The second-order valence-electron chi connectivity index (χ2n) is 5.54. The number of hydrogen-bond donors (Lipinski definition) is 0. The van der Waals surface area contributed by atoms with Crippen LogP contribution in [0, 0.1) is 6.92 Å². The van der Waals surface area contributed by atoms with E-state index in [1.165, 1.54) is 25.2 Å². The molecule has 0 saturated carbocycles. The number of nitrogens with zero attached hydrogens (tertiary/aromatic N) is 1. The average Bonchev–Trinajstić information content (AvgIpc) is 2.89. The summed E-state index contributed by atoms with van der Waals surface area (Å²) in [7, 11) is 2.47. The molecule has 1 aliphatic heterocycles. The van der Waals surface area contributed by atoms with E-state index in [9.17, 15) is 14.4 Å². The molecule has 142 valence electrons. The van der Waals surface area contributed by atoms with Crippen molar-refractivity contribution in [1.29, 1.82) is 0 Å². The number of methoxy groups -OCH3 is 2. The number of carbonyl (C=O) groups excluding carboxylic acids is 3. The second-order valence-corrected chi connectivity index (χ2v) is 5.54. The molecule has 0 aromatic heterocycles. The molecule has 0 spiro atoms. The van der Waals surface area contributed by atoms with Gasteiger partial charge in [-0.1, -0.05) is 6.08 Å². The number of aryl methyl sites for hydroxylation is 1. The van der Waals surface area contributed by atoms with Crippen LogP contribution in [-0.4, -0.2) is 38.7 Å². The number of ether oxygens (including phenoxy) is 3. The summed E-state index contributed by atoms with van der Waals surface area (Å²) in [6.07, 6.45) is 6.41. The third kappa shape index (κ3) is 4.25. The average molecular weight is 371 g/mol. The third-order valence-corrected chi connectivity index (χ3v) is 3.86. The fraction of sp³-hybridized carbons (Fsp3) is 0.250. The maximum Gasteiger partial charge on any atom is 0.355 e. The Morgan fingerprint density at radius 3 is 2.30 bits per heavy atom. The van der Waals surface area contributed by atoms with Gasteiger partial charge in [-0.05, 0) is 49.8 Å². The number of carbonyl (C=O) groups is 3. The molecule has 0 aliphatic carbocycles. The SMILES string of the molecule is CCOC(=O)c1ccc(N2C=CC=CC(C(=O)OC)=C2C(=O)OC)c(C)c1. The molecule has 0 N–H and O–H groups in total. The summed E-state index contributed by atoms with van der Waals surface area (Å²) >= 11 is 0. The fourth-order valence-electron chi connectivity index (χ4n) is 2.62. The smallest absolute Gasteiger partial charge is 0.355 e. The van der Waals surface area contributed by atoms with E-state index in [1.54, 1.807) is 50.4 Å². The van der Waals surface area contributed by atoms with Crippen LogP contribution >= 0.6 is 0 Å². The molecular formula is C20H21NO6. The number of esters is 3. The molecule has 0 bridgehead atoms. The van der Waals surface area contributed by atoms with E-state index in [2.05, 4.69) is 0 Å². The zero-order valence-corrected chi connectivity index (χ0v) is 15.6. The van der Waals surface area contributed by atoms with Gasteiger partial charge in [-0.25, -0.2) is 14.4 Å². The van der Waals surface area contributed by atoms with Crippen molar-refractivity contribution in [3.63, 3.8) is 0 Å². The van der Waals surface area contributed by atoms with Gasteiger partial charge in [0.1, 0.15) is 5.70 Å². The molecular weight excluding hydrogens is 350 g/mol. The predicted octanol–water partition coefficient (Wildman–Crippen LogP) is 2.66. The van der Waals surface area contributed by atoms with Gasteiger partial charge < -0.3 is 19.1 Å². The van der Waals surface area contributed by atoms with Crippen molar-refractivity contribution < 1.29 is 28.6 Å². The van der Waals surface area contributed by atoms with Gasteiger partial charge in [0.25, 0.3) is 0 Å². The second kappa shape index (κ2) is 8.84. The monoisotopic (exact) mass is 371 g/mol. The van der Waals surface area contributed by atoms with Crippen LogP contribution in [0.4, 0.5) is 5.69 Å². The van der Waals surface area contributed by atoms with Crippen molar-refractivity contribution in [2.75, 3.05) is 25.7 Å². The summed E-state index contributed by atoms with van der Waals surface area (Å²) in [6, 6.07) is 4.93. The highest BCUT2D eigenvalue weighted by molar-refractivity contribution is 6.05. The van der Waals surface area contributed by atoms with E-state index in [0.717, 1.165) is 0 Å². The minimum absolute atomic E-state index is 0.0151. The van der Waals surface area contributed by atoms with Gasteiger partial charge in [0.2, 0.25) is 0 Å². The van der Waals surface area contributed by atoms with E-state index < -0.39 is 17.9 Å². The van der Waals surface area contributed by atoms with Crippen LogP contribution in [0.15, 0.2) is 53.9 Å². The van der Waals surface area contributed by atoms with Crippen molar-refractivity contribution in [3.8, 4) is 0 Å². The summed E-state index contributed by atoms with van der Waals surface area (Å²) < 4.78 is 14.7. The molecule has 0 atom stereocenters. The van der Waals surface area contributed by atoms with Crippen LogP contribution in [0.5, 0.6) is 0 Å². The standard InChI is InChI=1S/C20H21NO6/c1-5-27-18(22)14-9-10-16(13(2)12-14)21-11-7-6-8-15(19(23)25-3)17(21)20(24)26-4/h6-12H,5H2,1-4H3. The molecule has 0 radical (unpaired) electrons. The molecule has 0 amide bonds. The highest BCUT2D eigenvalue weighted by Crippen LogP contribution is 2.29. The molecule has 7 nitrogen and oxygen atoms in total. The first kappa shape index (κ1) is 20.0. The van der Waals surface area contributed by atoms with Gasteiger partial charge in [-0.2, -0.15) is 0 Å². The van der Waals surface area contributed by atoms with Crippen molar-refractivity contribution in [2.24, 2.45) is 0 Å². The summed E-state index contributed by atoms with van der Waals surface area (Å²) in [6.45, 7) is 3.80. The van der Waals surface area contributed by atoms with Crippen LogP contribution < -0.4 is 4.90 Å². The molecule has 1 aromatic rings. The first-order chi connectivity index (χ1) is 12.9. The summed E-state index contributed by atoms with van der Waals surface area (Å²) in [5.74, 6) is -1.79. The van der Waals surface area contributed by atoms with E-state index in [1.807, 2.05) is 0 Å². The highest BCUT2D eigenvalue weighted by Gasteiger charge is 2.28. The molecule has 0 fully saturated rings. The summed E-state index contributed by atoms with van der Waals surface area (Å²) in [5.41, 5.74) is 1.78. The first-order valence-corrected chi connectivity index (χ1v) is 8.27. The number of rotatable bonds is 5. The quantitative estimate of drug-likeness (QED) is 0.581. The number of benzene rings is 1. The van der Waals surface area contributed by atoms with E-state index in [-0.39, 0.29) is 17.9 Å². The van der Waals surface area contributed by atoms with Crippen molar-refractivity contribution in [2.45, 2.75) is 13.8 Å². The largest absolute Gasteiger partial charge is 0.465 e. The van der Waals surface area contributed by atoms with Crippen molar-refractivity contribution in [1.82, 2.24) is 0 Å². The lowest BCUT2D eigenvalue weighted by atomic mass is 10.1. The lowest BCUT2D eigenvalue weighted by Gasteiger charge is -2.25. The maximum atomic E-state index is 12.4. The van der Waals surface area contributed by atoms with E-state index >= 15 is 0 Å². The third-order valence-electron chi connectivity index (χ3n) is 3.86. The Kier molecular flexibility index (Phi) is 6.54. The molecule has 0 unspecified atom stereocenters. The van der Waals surface area contributed by atoms with Gasteiger partial charge in [0, 0.05) is 11.9 Å². The Labute approximate surface area is 157 Å². The summed E-state index contributed by atoms with van der Waals surface area (Å²) in [4.78, 5) is 38.1. The number of hydrogen-bond acceptors (Lipinski definition) is 7. The Bertz CT molecular complexity index is 850. The zero-order chi connectivity index (χ0) is 20.0. The topological polar surface area (TPSA) is 82.1 Å². The normalized spacial score (nSPS) is 13.3. The zero-order valence-electron chi connectivity index (χ0n) is 15.6. The minimum atomic E-state index is -0.694. The van der Waals surface area contributed by atoms with Crippen molar-refractivity contribution >= 4 is 23.6 Å². The van der Waals surface area contributed by atoms with Crippen molar-refractivity contribution in [3.05, 3.63) is 65.0 Å². The van der Waals surface area contributed by atoms with Crippen LogP contribution in [0.25, 0.3) is 0 Å². The minimum Gasteiger partial charge on any atom is -0.465 e. The van der Waals surface area contributed by atoms with Gasteiger partial charge in [0.15, 0.2) is 0 Å². The van der Waals surface area contributed by atoms with Gasteiger partial charge in [0.05, 0.1) is 32.0 Å². The molecule has 1 heterocycles. The fourth-order valence-corrected chi connectivity index (χ4v) is 2.62. The predicted molar refractivity (Wildman–Crippen MR) is 99.0 cm³/mol.